The van der Waals surface area contributed by atoms with Crippen LogP contribution in [0.15, 0.2) is 24.4 Å². The van der Waals surface area contributed by atoms with Gasteiger partial charge in [0.25, 0.3) is 5.91 Å². The fourth-order valence-electron chi connectivity index (χ4n) is 4.19. The van der Waals surface area contributed by atoms with Crippen LogP contribution in [0.1, 0.15) is 25.9 Å². The van der Waals surface area contributed by atoms with E-state index in [1.54, 1.807) is 29.7 Å². The molecule has 1 aliphatic carbocycles. The van der Waals surface area contributed by atoms with Crippen LogP contribution in [0.4, 0.5) is 10.1 Å². The molecule has 2 aliphatic rings. The minimum Gasteiger partial charge on any atom is -0.489 e. The molecule has 0 radical (unpaired) electrons. The number of anilines is 1. The van der Waals surface area contributed by atoms with E-state index in [2.05, 4.69) is 20.2 Å². The van der Waals surface area contributed by atoms with E-state index in [0.29, 0.717) is 17.9 Å². The molecule has 1 saturated heterocycles. The number of carbonyl (C=O) groups excluding carboxylic acids is 1. The first-order valence-electron chi connectivity index (χ1n) is 10.8. The highest BCUT2D eigenvalue weighted by molar-refractivity contribution is 7.12. The van der Waals surface area contributed by atoms with Gasteiger partial charge < -0.3 is 19.8 Å². The first kappa shape index (κ1) is 21.1. The molecule has 0 atom stereocenters. The van der Waals surface area contributed by atoms with Gasteiger partial charge in [-0.3, -0.25) is 9.69 Å². The number of aromatic nitrogens is 2. The molecule has 1 aliphatic heterocycles. The summed E-state index contributed by atoms with van der Waals surface area (Å²) in [6, 6.07) is 4.50. The van der Waals surface area contributed by atoms with Gasteiger partial charge in [0.1, 0.15) is 6.61 Å². The van der Waals surface area contributed by atoms with E-state index in [1.165, 1.54) is 10.9 Å². The van der Waals surface area contributed by atoms with Gasteiger partial charge in [-0.15, -0.1) is 11.3 Å². The summed E-state index contributed by atoms with van der Waals surface area (Å²) in [7, 11) is 0. The van der Waals surface area contributed by atoms with Crippen molar-refractivity contribution in [1.29, 1.82) is 0 Å². The maximum absolute atomic E-state index is 14.6. The first-order chi connectivity index (χ1) is 15.6. The van der Waals surface area contributed by atoms with Crippen molar-refractivity contribution in [3.63, 3.8) is 0 Å². The highest BCUT2D eigenvalue weighted by Crippen LogP contribution is 2.38. The Morgan fingerprint density at radius 2 is 2.19 bits per heavy atom. The standard InChI is InChI=1S/C23H25FN4O3S/c1-14-26-22-20(32-14)5-3-18-21(22)16(13-25-18)23(29)27-15-2-4-19(17(24)12-15)31-11-8-28-6-9-30-10-7-28/h2,4,12-13,25H,3,5-11H2,1H3,(H,27,29). The van der Waals surface area contributed by atoms with Gasteiger partial charge in [-0.2, -0.15) is 0 Å². The molecule has 1 aromatic carbocycles. The lowest BCUT2D eigenvalue weighted by Gasteiger charge is -2.26. The van der Waals surface area contributed by atoms with E-state index in [9.17, 15) is 9.18 Å². The maximum atomic E-state index is 14.6. The quantitative estimate of drug-likeness (QED) is 0.592. The Kier molecular flexibility index (Phi) is 5.95. The Morgan fingerprint density at radius 1 is 1.34 bits per heavy atom. The maximum Gasteiger partial charge on any atom is 0.257 e. The van der Waals surface area contributed by atoms with Crippen LogP contribution >= 0.6 is 11.3 Å². The van der Waals surface area contributed by atoms with E-state index >= 15 is 0 Å². The third-order valence-electron chi connectivity index (χ3n) is 5.81. The molecule has 5 rings (SSSR count). The number of fused-ring (bicyclic) bond motifs is 3. The molecule has 0 bridgehead atoms. The molecule has 9 heteroatoms. The van der Waals surface area contributed by atoms with Crippen molar-refractivity contribution < 1.29 is 18.7 Å². The SMILES string of the molecule is Cc1nc2c(s1)CCc1[nH]cc(C(=O)Nc3ccc(OCCN4CCOCC4)c(F)c3)c1-2. The summed E-state index contributed by atoms with van der Waals surface area (Å²) in [6.07, 6.45) is 3.49. The second kappa shape index (κ2) is 9.01. The van der Waals surface area contributed by atoms with Gasteiger partial charge in [-0.25, -0.2) is 9.37 Å². The number of thiazole rings is 1. The second-order valence-corrected chi connectivity index (χ2v) is 9.25. The minimum atomic E-state index is -0.502. The summed E-state index contributed by atoms with van der Waals surface area (Å²) in [4.78, 5) is 24.3. The zero-order valence-corrected chi connectivity index (χ0v) is 18.7. The van der Waals surface area contributed by atoms with Gasteiger partial charge in [0, 0.05) is 53.7 Å². The van der Waals surface area contributed by atoms with Crippen LogP contribution in [0, 0.1) is 12.7 Å². The first-order valence-corrected chi connectivity index (χ1v) is 11.6. The fraction of sp³-hybridized carbons (Fsp3) is 0.391. The summed E-state index contributed by atoms with van der Waals surface area (Å²) in [5.74, 6) is -0.613. The van der Waals surface area contributed by atoms with Crippen LogP contribution in [-0.2, 0) is 17.6 Å². The summed E-state index contributed by atoms with van der Waals surface area (Å²) in [5.41, 5.74) is 3.67. The molecular weight excluding hydrogens is 431 g/mol. The van der Waals surface area contributed by atoms with Gasteiger partial charge in [0.15, 0.2) is 11.6 Å². The molecule has 3 heterocycles. The number of morpholine rings is 1. The summed E-state index contributed by atoms with van der Waals surface area (Å²) >= 11 is 1.67. The highest BCUT2D eigenvalue weighted by Gasteiger charge is 2.27. The fourth-order valence-corrected chi connectivity index (χ4v) is 5.13. The van der Waals surface area contributed by atoms with Gasteiger partial charge >= 0.3 is 0 Å². The highest BCUT2D eigenvalue weighted by atomic mass is 32.1. The smallest absolute Gasteiger partial charge is 0.257 e. The van der Waals surface area contributed by atoms with Crippen LogP contribution in [0.25, 0.3) is 11.3 Å². The molecule has 2 N–H and O–H groups in total. The molecule has 1 fully saturated rings. The Bertz CT molecular complexity index is 1140. The topological polar surface area (TPSA) is 79.5 Å². The van der Waals surface area contributed by atoms with E-state index in [4.69, 9.17) is 9.47 Å². The molecule has 168 valence electrons. The Hall–Kier alpha value is -2.75. The van der Waals surface area contributed by atoms with E-state index in [1.807, 2.05) is 6.92 Å². The lowest BCUT2D eigenvalue weighted by molar-refractivity contribution is 0.0320. The molecule has 0 saturated carbocycles. The van der Waals surface area contributed by atoms with Crippen molar-refractivity contribution in [3.8, 4) is 17.0 Å². The molecule has 3 aromatic rings. The van der Waals surface area contributed by atoms with Crippen LogP contribution in [-0.4, -0.2) is 60.2 Å². The minimum absolute atomic E-state index is 0.179. The Morgan fingerprint density at radius 3 is 3.00 bits per heavy atom. The van der Waals surface area contributed by atoms with E-state index in [0.717, 1.165) is 67.6 Å². The summed E-state index contributed by atoms with van der Waals surface area (Å²) < 4.78 is 25.5. The number of benzene rings is 1. The number of halogens is 1. The van der Waals surface area contributed by atoms with Crippen LogP contribution in [0.5, 0.6) is 5.75 Å². The van der Waals surface area contributed by atoms with Crippen molar-refractivity contribution in [2.45, 2.75) is 19.8 Å². The molecular formula is C23H25FN4O3S. The molecule has 1 amide bonds. The predicted octanol–water partition coefficient (Wildman–Crippen LogP) is 3.65. The number of ether oxygens (including phenoxy) is 2. The zero-order valence-electron chi connectivity index (χ0n) is 17.9. The Balaban J connectivity index is 1.25. The number of carbonyl (C=O) groups is 1. The average molecular weight is 457 g/mol. The summed E-state index contributed by atoms with van der Waals surface area (Å²) in [5, 5.41) is 3.79. The van der Waals surface area contributed by atoms with Crippen molar-refractivity contribution >= 4 is 22.9 Å². The molecule has 0 spiro atoms. The number of hydrogen-bond donors (Lipinski definition) is 2. The second-order valence-electron chi connectivity index (χ2n) is 7.96. The van der Waals surface area contributed by atoms with Gasteiger partial charge in [0.05, 0.1) is 29.5 Å². The van der Waals surface area contributed by atoms with Gasteiger partial charge in [0.2, 0.25) is 0 Å². The van der Waals surface area contributed by atoms with Gasteiger partial charge in [-0.1, -0.05) is 0 Å². The Labute approximate surface area is 189 Å². The summed E-state index contributed by atoms with van der Waals surface area (Å²) in [6.45, 7) is 6.25. The molecule has 2 aromatic heterocycles. The monoisotopic (exact) mass is 456 g/mol. The van der Waals surface area contributed by atoms with Crippen LogP contribution < -0.4 is 10.1 Å². The van der Waals surface area contributed by atoms with Crippen molar-refractivity contribution in [1.82, 2.24) is 14.9 Å². The number of aromatic amines is 1. The number of H-pyrrole nitrogens is 1. The van der Waals surface area contributed by atoms with Crippen LogP contribution in [0.3, 0.4) is 0 Å². The van der Waals surface area contributed by atoms with E-state index in [-0.39, 0.29) is 11.7 Å². The number of amides is 1. The normalized spacial score (nSPS) is 15.8. The van der Waals surface area contributed by atoms with Crippen molar-refractivity contribution in [3.05, 3.63) is 51.4 Å². The van der Waals surface area contributed by atoms with Crippen molar-refractivity contribution in [2.75, 3.05) is 44.8 Å². The van der Waals surface area contributed by atoms with Crippen LogP contribution in [0.2, 0.25) is 0 Å². The third kappa shape index (κ3) is 4.28. The zero-order chi connectivity index (χ0) is 22.1. The lowest BCUT2D eigenvalue weighted by Crippen LogP contribution is -2.38. The van der Waals surface area contributed by atoms with Crippen molar-refractivity contribution in [2.24, 2.45) is 0 Å². The predicted molar refractivity (Wildman–Crippen MR) is 121 cm³/mol. The number of rotatable bonds is 6. The number of hydrogen-bond acceptors (Lipinski definition) is 6. The average Bonchev–Trinajstić information content (AvgIpc) is 3.38. The number of nitrogens with one attached hydrogen (secondary N) is 2. The van der Waals surface area contributed by atoms with Gasteiger partial charge in [-0.05, 0) is 31.9 Å². The largest absolute Gasteiger partial charge is 0.489 e. The third-order valence-corrected chi connectivity index (χ3v) is 6.84. The molecule has 7 nitrogen and oxygen atoms in total. The molecule has 32 heavy (non-hydrogen) atoms. The lowest BCUT2D eigenvalue weighted by atomic mass is 9.96. The number of nitrogens with zero attached hydrogens (tertiary/aromatic N) is 2. The number of aryl methyl sites for hydroxylation is 3. The molecule has 0 unspecified atom stereocenters. The van der Waals surface area contributed by atoms with E-state index < -0.39 is 5.82 Å².